The molecule has 4 N–H and O–H groups in total. The molecule has 0 saturated carbocycles. The van der Waals surface area contributed by atoms with Gasteiger partial charge in [-0.15, -0.1) is 0 Å². The van der Waals surface area contributed by atoms with Gasteiger partial charge < -0.3 is 39.6 Å². The number of hydrazine groups is 1. The molecule has 6 heterocycles. The lowest BCUT2D eigenvalue weighted by Crippen LogP contribution is -2.63. The SMILES string of the molecule is CCn1c(-c2cccnc2[C@H](C)OC)c2c3cc(ccc31)-c1cc(O)cc(c1)C[C@H](NC(=O)[C@H](C(C)C)N(C)C(=O)N1CCN(C(=O)[C@H]3CN3)C(=O)C1)C(=O)N1CCC[C@H](N1)C(=O)OCC(C)(C)C2. The highest BCUT2D eigenvalue weighted by Gasteiger charge is 2.42. The number of carbonyl (C=O) groups is 6. The number of hydrogen-bond acceptors (Lipinski definition) is 12. The van der Waals surface area contributed by atoms with E-state index >= 15 is 0 Å². The molecule has 0 radical (unpaired) electrons. The number of hydrogen-bond donors (Lipinski definition) is 4. The van der Waals surface area contributed by atoms with Crippen LogP contribution in [-0.4, -0.2) is 148 Å². The summed E-state index contributed by atoms with van der Waals surface area (Å²) in [6.45, 7) is 13.1. The summed E-state index contributed by atoms with van der Waals surface area (Å²) in [5, 5.41) is 19.5. The Morgan fingerprint density at radius 3 is 2.51 bits per heavy atom. The van der Waals surface area contributed by atoms with Crippen molar-refractivity contribution in [2.45, 2.75) is 104 Å². The molecule has 4 aliphatic heterocycles. The number of aromatic nitrogens is 2. The van der Waals surface area contributed by atoms with Crippen molar-refractivity contribution in [1.82, 2.24) is 45.3 Å². The van der Waals surface area contributed by atoms with Crippen LogP contribution in [0.5, 0.6) is 5.75 Å². The van der Waals surface area contributed by atoms with Crippen LogP contribution in [0.3, 0.4) is 0 Å². The average molecular weight is 948 g/mol. The van der Waals surface area contributed by atoms with Crippen LogP contribution >= 0.6 is 0 Å². The quantitative estimate of drug-likeness (QED) is 0.106. The summed E-state index contributed by atoms with van der Waals surface area (Å²) >= 11 is 0. The van der Waals surface area contributed by atoms with Gasteiger partial charge >= 0.3 is 12.0 Å². The molecule has 368 valence electrons. The van der Waals surface area contributed by atoms with Gasteiger partial charge in [-0.1, -0.05) is 39.8 Å². The van der Waals surface area contributed by atoms with Crippen LogP contribution in [0.2, 0.25) is 0 Å². The number of esters is 1. The molecule has 6 bridgehead atoms. The fourth-order valence-electron chi connectivity index (χ4n) is 10.1. The first kappa shape index (κ1) is 49.1. The minimum atomic E-state index is -1.22. The molecule has 6 amide bonds. The van der Waals surface area contributed by atoms with Crippen LogP contribution < -0.4 is 16.1 Å². The zero-order valence-corrected chi connectivity index (χ0v) is 40.8. The van der Waals surface area contributed by atoms with Gasteiger partial charge in [-0.3, -0.25) is 38.9 Å². The molecular weight excluding hydrogens is 883 g/mol. The normalized spacial score (nSPS) is 21.7. The Labute approximate surface area is 402 Å². The number of cyclic esters (lactones) is 1. The number of carbonyl (C=O) groups excluding carboxylic acids is 6. The minimum absolute atomic E-state index is 0.0353. The molecule has 2 aromatic carbocycles. The number of piperazine rings is 1. The second kappa shape index (κ2) is 19.9. The van der Waals surface area contributed by atoms with E-state index in [1.54, 1.807) is 39.3 Å². The number of imide groups is 1. The van der Waals surface area contributed by atoms with Crippen molar-refractivity contribution >= 4 is 46.5 Å². The number of phenols is 1. The van der Waals surface area contributed by atoms with Gasteiger partial charge in [-0.05, 0) is 97.7 Å². The Bertz CT molecular complexity index is 2660. The number of likely N-dealkylation sites (N-methyl/N-ethyl adjacent to an activating group) is 1. The zero-order chi connectivity index (χ0) is 49.5. The topological polar surface area (TPSA) is 218 Å². The van der Waals surface area contributed by atoms with Crippen molar-refractivity contribution in [3.05, 3.63) is 71.5 Å². The lowest BCUT2D eigenvalue weighted by Gasteiger charge is -2.39. The minimum Gasteiger partial charge on any atom is -0.508 e. The van der Waals surface area contributed by atoms with Crippen LogP contribution in [0.15, 0.2) is 54.7 Å². The number of aromatic hydroxyl groups is 1. The van der Waals surface area contributed by atoms with E-state index in [9.17, 15) is 33.9 Å². The molecule has 3 fully saturated rings. The number of pyridine rings is 1. The number of nitrogens with zero attached hydrogens (tertiary/aromatic N) is 6. The molecule has 0 spiro atoms. The summed E-state index contributed by atoms with van der Waals surface area (Å²) < 4.78 is 14.2. The van der Waals surface area contributed by atoms with Crippen molar-refractivity contribution in [3.63, 3.8) is 0 Å². The lowest BCUT2D eigenvalue weighted by atomic mass is 9.84. The van der Waals surface area contributed by atoms with E-state index in [4.69, 9.17) is 14.5 Å². The molecule has 4 aliphatic rings. The summed E-state index contributed by atoms with van der Waals surface area (Å²) in [6, 6.07) is 11.2. The van der Waals surface area contributed by atoms with E-state index < -0.39 is 59.2 Å². The van der Waals surface area contributed by atoms with Gasteiger partial charge in [0.25, 0.3) is 5.91 Å². The second-order valence-corrected chi connectivity index (χ2v) is 19.9. The number of urea groups is 1. The van der Waals surface area contributed by atoms with Gasteiger partial charge in [-0.25, -0.2) is 10.2 Å². The predicted octanol–water partition coefficient (Wildman–Crippen LogP) is 4.17. The highest BCUT2D eigenvalue weighted by molar-refractivity contribution is 6.02. The number of methoxy groups -OCH3 is 1. The summed E-state index contributed by atoms with van der Waals surface area (Å²) in [4.78, 5) is 91.5. The van der Waals surface area contributed by atoms with E-state index in [1.165, 1.54) is 21.9 Å². The summed E-state index contributed by atoms with van der Waals surface area (Å²) in [5.41, 5.74) is 9.35. The molecular formula is C51H65N9O9. The predicted molar refractivity (Wildman–Crippen MR) is 257 cm³/mol. The van der Waals surface area contributed by atoms with Gasteiger partial charge in [0.1, 0.15) is 30.4 Å². The maximum absolute atomic E-state index is 14.8. The molecule has 0 aliphatic carbocycles. The molecule has 4 aromatic rings. The van der Waals surface area contributed by atoms with Crippen molar-refractivity contribution in [2.24, 2.45) is 11.3 Å². The first-order valence-corrected chi connectivity index (χ1v) is 24.0. The van der Waals surface area contributed by atoms with Crippen molar-refractivity contribution in [3.8, 4) is 28.1 Å². The Morgan fingerprint density at radius 2 is 1.81 bits per heavy atom. The van der Waals surface area contributed by atoms with E-state index in [-0.39, 0.29) is 63.0 Å². The largest absolute Gasteiger partial charge is 0.508 e. The van der Waals surface area contributed by atoms with Crippen LogP contribution in [0.25, 0.3) is 33.3 Å². The number of phenolic OH excluding ortho intramolecular Hbond substituents is 1. The number of nitrogens with one attached hydrogen (secondary N) is 3. The maximum Gasteiger partial charge on any atom is 0.324 e. The summed E-state index contributed by atoms with van der Waals surface area (Å²) in [6.07, 6.45) is 2.84. The molecule has 5 atom stereocenters. The van der Waals surface area contributed by atoms with Crippen LogP contribution in [0.1, 0.15) is 77.3 Å². The second-order valence-electron chi connectivity index (χ2n) is 19.9. The number of rotatable bonds is 9. The maximum atomic E-state index is 14.8. The fourth-order valence-corrected chi connectivity index (χ4v) is 10.1. The highest BCUT2D eigenvalue weighted by Crippen LogP contribution is 2.42. The van der Waals surface area contributed by atoms with Gasteiger partial charge in [0.2, 0.25) is 17.7 Å². The Kier molecular flexibility index (Phi) is 14.2. The van der Waals surface area contributed by atoms with Crippen LogP contribution in [0, 0.1) is 11.3 Å². The number of amides is 6. The first-order valence-electron chi connectivity index (χ1n) is 24.0. The van der Waals surface area contributed by atoms with Crippen molar-refractivity contribution in [1.29, 1.82) is 0 Å². The number of ether oxygens (including phenoxy) is 2. The Morgan fingerprint density at radius 1 is 1.04 bits per heavy atom. The number of fused-ring (bicyclic) bond motifs is 6. The van der Waals surface area contributed by atoms with Crippen molar-refractivity contribution < 1.29 is 43.3 Å². The summed E-state index contributed by atoms with van der Waals surface area (Å²) in [7, 11) is 3.14. The van der Waals surface area contributed by atoms with E-state index in [1.807, 2.05) is 25.1 Å². The summed E-state index contributed by atoms with van der Waals surface area (Å²) in [5.74, 6) is -2.92. The van der Waals surface area contributed by atoms with Gasteiger partial charge in [0, 0.05) is 81.4 Å². The third kappa shape index (κ3) is 10.2. The lowest BCUT2D eigenvalue weighted by molar-refractivity contribution is -0.155. The van der Waals surface area contributed by atoms with Gasteiger partial charge in [0.15, 0.2) is 0 Å². The molecule has 18 heteroatoms. The smallest absolute Gasteiger partial charge is 0.324 e. The molecule has 0 unspecified atom stereocenters. The number of benzene rings is 2. The zero-order valence-electron chi connectivity index (χ0n) is 40.8. The molecule has 18 nitrogen and oxygen atoms in total. The van der Waals surface area contributed by atoms with Crippen LogP contribution in [-0.2, 0) is 52.8 Å². The molecule has 2 aromatic heterocycles. The highest BCUT2D eigenvalue weighted by atomic mass is 16.5. The Balaban J connectivity index is 1.16. The third-order valence-electron chi connectivity index (χ3n) is 13.8. The standard InChI is InChI=1S/C51H65N9O9/c1-9-58-41-15-14-32-24-36(41)37(45(58)35-12-10-16-52-43(35)30(4)68-8)25-51(5,6)28-69-49(66)38-13-11-17-60(55-38)48(65)39(22-31-20-33(32)23-34(61)21-31)54-46(63)44(29(2)3)56(7)50(67)57-18-19-59(42(62)27-57)47(64)40-26-53-40/h10,12,14-16,20-21,23-24,29-30,38-40,44,53,55,61H,9,11,13,17-19,22,25-28H2,1-8H3,(H,54,63)/t30-,38-,39-,40+,44-/m0/s1. The van der Waals surface area contributed by atoms with Crippen molar-refractivity contribution in [2.75, 3.05) is 53.5 Å². The molecule has 69 heavy (non-hydrogen) atoms. The first-order chi connectivity index (χ1) is 32.9. The van der Waals surface area contributed by atoms with E-state index in [0.29, 0.717) is 43.5 Å². The van der Waals surface area contributed by atoms with E-state index in [0.717, 1.165) is 43.9 Å². The van der Waals surface area contributed by atoms with E-state index in [2.05, 4.69) is 59.6 Å². The molecule has 3 saturated heterocycles. The monoisotopic (exact) mass is 947 g/mol. The third-order valence-corrected chi connectivity index (χ3v) is 13.8. The van der Waals surface area contributed by atoms with Gasteiger partial charge in [0.05, 0.1) is 30.1 Å². The molecule has 8 rings (SSSR count). The average Bonchev–Trinajstić information content (AvgIpc) is 4.14. The fraction of sp³-hybridized carbons (Fsp3) is 0.510. The number of aryl methyl sites for hydroxylation is 1. The van der Waals surface area contributed by atoms with Gasteiger partial charge in [-0.2, -0.15) is 0 Å². The Hall–Kier alpha value is -6.37. The van der Waals surface area contributed by atoms with Crippen LogP contribution in [0.4, 0.5) is 4.79 Å².